The Morgan fingerprint density at radius 1 is 1.00 bits per heavy atom. The lowest BCUT2D eigenvalue weighted by Gasteiger charge is -2.11. The largest absolute Gasteiger partial charge is 0.361 e. The van der Waals surface area contributed by atoms with Crippen LogP contribution in [0.3, 0.4) is 0 Å². The maximum absolute atomic E-state index is 12.8. The molecule has 0 aliphatic carbocycles. The molecule has 1 heterocycles. The Morgan fingerprint density at radius 3 is 2.28 bits per heavy atom. The van der Waals surface area contributed by atoms with Crippen molar-refractivity contribution in [3.8, 4) is 0 Å². The molecule has 7 nitrogen and oxygen atoms in total. The van der Waals surface area contributed by atoms with Gasteiger partial charge < -0.3 is 20.5 Å². The molecule has 0 atom stereocenters. The van der Waals surface area contributed by atoms with Gasteiger partial charge >= 0.3 is 6.03 Å². The summed E-state index contributed by atoms with van der Waals surface area (Å²) >= 11 is 1.57. The van der Waals surface area contributed by atoms with Crippen molar-refractivity contribution < 1.29 is 14.1 Å². The van der Waals surface area contributed by atoms with Gasteiger partial charge in [-0.3, -0.25) is 4.79 Å². The SMILES string of the molecule is CNC(=O)Nc1ccc(NC(=O)c2ccccc2SCc2c(C)noc2C)cc1. The fourth-order valence-corrected chi connectivity index (χ4v) is 3.87. The van der Waals surface area contributed by atoms with Crippen LogP contribution < -0.4 is 16.0 Å². The lowest BCUT2D eigenvalue weighted by molar-refractivity contribution is 0.102. The highest BCUT2D eigenvalue weighted by atomic mass is 32.2. The van der Waals surface area contributed by atoms with Crippen molar-refractivity contribution in [2.24, 2.45) is 0 Å². The van der Waals surface area contributed by atoms with Crippen LogP contribution in [-0.2, 0) is 5.75 Å². The third-order valence-corrected chi connectivity index (χ3v) is 5.41. The van der Waals surface area contributed by atoms with Crippen LogP contribution in [0.25, 0.3) is 0 Å². The van der Waals surface area contributed by atoms with Crippen molar-refractivity contribution in [1.82, 2.24) is 10.5 Å². The summed E-state index contributed by atoms with van der Waals surface area (Å²) in [5.41, 5.74) is 3.78. The molecule has 3 rings (SSSR count). The van der Waals surface area contributed by atoms with E-state index in [0.29, 0.717) is 22.7 Å². The van der Waals surface area contributed by atoms with Crippen LogP contribution in [0.2, 0.25) is 0 Å². The smallest absolute Gasteiger partial charge is 0.318 e. The minimum Gasteiger partial charge on any atom is -0.361 e. The van der Waals surface area contributed by atoms with Crippen LogP contribution in [0.1, 0.15) is 27.4 Å². The van der Waals surface area contributed by atoms with Crippen LogP contribution >= 0.6 is 11.8 Å². The summed E-state index contributed by atoms with van der Waals surface area (Å²) in [6.07, 6.45) is 0. The number of hydrogen-bond donors (Lipinski definition) is 3. The molecule has 0 aliphatic rings. The average Bonchev–Trinajstić information content (AvgIpc) is 3.05. The molecule has 2 aromatic carbocycles. The molecule has 0 fully saturated rings. The van der Waals surface area contributed by atoms with Gasteiger partial charge in [-0.2, -0.15) is 0 Å². The number of carbonyl (C=O) groups is 2. The third-order valence-electron chi connectivity index (χ3n) is 4.31. The van der Waals surface area contributed by atoms with E-state index >= 15 is 0 Å². The van der Waals surface area contributed by atoms with Crippen LogP contribution in [0, 0.1) is 13.8 Å². The van der Waals surface area contributed by atoms with Crippen LogP contribution in [0.4, 0.5) is 16.2 Å². The Hall–Kier alpha value is -3.26. The van der Waals surface area contributed by atoms with Crippen LogP contribution in [-0.4, -0.2) is 24.1 Å². The Balaban J connectivity index is 1.69. The molecule has 3 N–H and O–H groups in total. The van der Waals surface area contributed by atoms with Gasteiger partial charge in [0.1, 0.15) is 5.76 Å². The predicted octanol–water partition coefficient (Wildman–Crippen LogP) is 4.59. The van der Waals surface area contributed by atoms with Crippen LogP contribution in [0.5, 0.6) is 0 Å². The molecule has 150 valence electrons. The van der Waals surface area contributed by atoms with Crippen LogP contribution in [0.15, 0.2) is 57.9 Å². The van der Waals surface area contributed by atoms with E-state index in [1.54, 1.807) is 49.1 Å². The molecule has 0 aliphatic heterocycles. The molecular weight excluding hydrogens is 388 g/mol. The van der Waals surface area contributed by atoms with Gasteiger partial charge in [0, 0.05) is 34.6 Å². The molecule has 0 radical (unpaired) electrons. The molecule has 0 bridgehead atoms. The molecule has 0 spiro atoms. The van der Waals surface area contributed by atoms with E-state index in [2.05, 4.69) is 21.1 Å². The highest BCUT2D eigenvalue weighted by molar-refractivity contribution is 7.98. The van der Waals surface area contributed by atoms with Gasteiger partial charge in [-0.05, 0) is 50.2 Å². The number of carbonyl (C=O) groups excluding carboxylic acids is 2. The van der Waals surface area contributed by atoms with E-state index in [9.17, 15) is 9.59 Å². The zero-order valence-electron chi connectivity index (χ0n) is 16.4. The second-order valence-electron chi connectivity index (χ2n) is 6.32. The van der Waals surface area contributed by atoms with Crippen molar-refractivity contribution in [3.63, 3.8) is 0 Å². The number of benzene rings is 2. The van der Waals surface area contributed by atoms with Crippen molar-refractivity contribution in [1.29, 1.82) is 0 Å². The Kier molecular flexibility index (Phi) is 6.56. The standard InChI is InChI=1S/C21H22N4O3S/c1-13-18(14(2)28-25-13)12-29-19-7-5-4-6-17(19)20(26)23-15-8-10-16(11-9-15)24-21(27)22-3/h4-11H,12H2,1-3H3,(H,23,26)(H2,22,24,27). The summed E-state index contributed by atoms with van der Waals surface area (Å²) < 4.78 is 5.21. The lowest BCUT2D eigenvalue weighted by Crippen LogP contribution is -2.24. The predicted molar refractivity (Wildman–Crippen MR) is 114 cm³/mol. The van der Waals surface area contributed by atoms with Gasteiger partial charge in [0.25, 0.3) is 5.91 Å². The second-order valence-corrected chi connectivity index (χ2v) is 7.34. The number of anilines is 2. The molecule has 3 amide bonds. The van der Waals surface area contributed by atoms with E-state index in [1.165, 1.54) is 0 Å². The van der Waals surface area contributed by atoms with Crippen molar-refractivity contribution in [2.75, 3.05) is 17.7 Å². The van der Waals surface area contributed by atoms with E-state index in [-0.39, 0.29) is 11.9 Å². The summed E-state index contributed by atoms with van der Waals surface area (Å²) in [7, 11) is 1.55. The highest BCUT2D eigenvalue weighted by Gasteiger charge is 2.14. The summed E-state index contributed by atoms with van der Waals surface area (Å²) in [5.74, 6) is 1.27. The number of urea groups is 1. The number of nitrogens with zero attached hydrogens (tertiary/aromatic N) is 1. The molecule has 1 aromatic heterocycles. The number of hydrogen-bond acceptors (Lipinski definition) is 5. The van der Waals surface area contributed by atoms with Gasteiger partial charge in [0.2, 0.25) is 0 Å². The fourth-order valence-electron chi connectivity index (χ4n) is 2.67. The molecule has 3 aromatic rings. The number of thioether (sulfide) groups is 1. The summed E-state index contributed by atoms with van der Waals surface area (Å²) in [5, 5.41) is 12.0. The quantitative estimate of drug-likeness (QED) is 0.517. The number of nitrogens with one attached hydrogen (secondary N) is 3. The van der Waals surface area contributed by atoms with Crippen molar-refractivity contribution in [2.45, 2.75) is 24.5 Å². The van der Waals surface area contributed by atoms with E-state index < -0.39 is 0 Å². The van der Waals surface area contributed by atoms with E-state index in [1.807, 2.05) is 32.0 Å². The van der Waals surface area contributed by atoms with Gasteiger partial charge in [0.05, 0.1) is 11.3 Å². The first-order valence-corrected chi connectivity index (χ1v) is 10.00. The normalized spacial score (nSPS) is 10.4. The van der Waals surface area contributed by atoms with Gasteiger partial charge in [-0.1, -0.05) is 17.3 Å². The minimum atomic E-state index is -0.300. The zero-order chi connectivity index (χ0) is 20.8. The van der Waals surface area contributed by atoms with Gasteiger partial charge in [-0.15, -0.1) is 11.8 Å². The third kappa shape index (κ3) is 5.17. The monoisotopic (exact) mass is 410 g/mol. The molecule has 0 unspecified atom stereocenters. The number of rotatable bonds is 6. The molecule has 29 heavy (non-hydrogen) atoms. The number of aryl methyl sites for hydroxylation is 2. The zero-order valence-corrected chi connectivity index (χ0v) is 17.2. The Bertz CT molecular complexity index is 996. The topological polar surface area (TPSA) is 96.3 Å². The van der Waals surface area contributed by atoms with E-state index in [4.69, 9.17) is 4.52 Å². The summed E-state index contributed by atoms with van der Waals surface area (Å²) in [4.78, 5) is 25.0. The van der Waals surface area contributed by atoms with Gasteiger partial charge in [0.15, 0.2) is 0 Å². The Morgan fingerprint density at radius 2 is 1.66 bits per heavy atom. The average molecular weight is 410 g/mol. The lowest BCUT2D eigenvalue weighted by atomic mass is 10.2. The maximum atomic E-state index is 12.8. The van der Waals surface area contributed by atoms with Crippen molar-refractivity contribution in [3.05, 3.63) is 71.1 Å². The first-order valence-electron chi connectivity index (χ1n) is 9.01. The first-order chi connectivity index (χ1) is 14.0. The number of amides is 3. The molecule has 0 saturated carbocycles. The maximum Gasteiger partial charge on any atom is 0.318 e. The minimum absolute atomic E-state index is 0.195. The molecular formula is C21H22N4O3S. The van der Waals surface area contributed by atoms with E-state index in [0.717, 1.165) is 21.9 Å². The van der Waals surface area contributed by atoms with Crippen molar-refractivity contribution >= 4 is 35.1 Å². The molecule has 8 heteroatoms. The Labute approximate surface area is 173 Å². The number of aromatic nitrogens is 1. The van der Waals surface area contributed by atoms with Gasteiger partial charge in [-0.25, -0.2) is 4.79 Å². The second kappa shape index (κ2) is 9.29. The highest BCUT2D eigenvalue weighted by Crippen LogP contribution is 2.29. The summed E-state index contributed by atoms with van der Waals surface area (Å²) in [6, 6.07) is 14.1. The molecule has 0 saturated heterocycles. The first kappa shape index (κ1) is 20.5. The summed E-state index contributed by atoms with van der Waals surface area (Å²) in [6.45, 7) is 3.80. The fraction of sp³-hybridized carbons (Fsp3) is 0.190.